The number of aromatic nitrogens is 2. The van der Waals surface area contributed by atoms with Crippen molar-refractivity contribution < 1.29 is 4.79 Å². The molecule has 1 aliphatic rings. The molecule has 138 valence electrons. The zero-order valence-electron chi connectivity index (χ0n) is 15.0. The molecule has 2 heterocycles. The van der Waals surface area contributed by atoms with Gasteiger partial charge in [0.25, 0.3) is 0 Å². The quantitative estimate of drug-likeness (QED) is 0.636. The number of anilines is 3. The van der Waals surface area contributed by atoms with E-state index in [0.717, 1.165) is 40.2 Å². The number of carbonyl (C=O) groups is 1. The first-order valence-electron chi connectivity index (χ1n) is 8.87. The Kier molecular flexibility index (Phi) is 5.40. The minimum Gasteiger partial charge on any atom is -0.330 e. The molecule has 1 N–H and O–H groups in total. The summed E-state index contributed by atoms with van der Waals surface area (Å²) in [4.78, 5) is 14.6. The third-order valence-electron chi connectivity index (χ3n) is 4.41. The fourth-order valence-corrected chi connectivity index (χ4v) is 4.81. The van der Waals surface area contributed by atoms with Gasteiger partial charge < -0.3 is 10.2 Å². The van der Waals surface area contributed by atoms with Gasteiger partial charge in [-0.2, -0.15) is 0 Å². The predicted molar refractivity (Wildman–Crippen MR) is 112 cm³/mol. The van der Waals surface area contributed by atoms with Crippen molar-refractivity contribution in [2.45, 2.75) is 24.1 Å². The second-order valence-corrected chi connectivity index (χ2v) is 8.63. The van der Waals surface area contributed by atoms with Gasteiger partial charge in [0.2, 0.25) is 11.0 Å². The van der Waals surface area contributed by atoms with Gasteiger partial charge in [-0.3, -0.25) is 4.79 Å². The van der Waals surface area contributed by atoms with Gasteiger partial charge in [-0.25, -0.2) is 0 Å². The average molecular weight is 397 g/mol. The van der Waals surface area contributed by atoms with Gasteiger partial charge in [-0.05, 0) is 49.1 Å². The molecule has 3 aromatic rings. The van der Waals surface area contributed by atoms with Gasteiger partial charge in [0.05, 0.1) is 5.75 Å². The fourth-order valence-electron chi connectivity index (χ4n) is 3.16. The zero-order valence-corrected chi connectivity index (χ0v) is 16.6. The molecule has 7 heteroatoms. The highest BCUT2D eigenvalue weighted by atomic mass is 32.2. The Labute approximate surface area is 166 Å². The molecule has 1 amide bonds. The van der Waals surface area contributed by atoms with E-state index in [1.54, 1.807) is 0 Å². The smallest absolute Gasteiger partial charge is 0.237 e. The van der Waals surface area contributed by atoms with Crippen molar-refractivity contribution in [3.63, 3.8) is 0 Å². The van der Waals surface area contributed by atoms with E-state index in [0.29, 0.717) is 5.75 Å². The van der Waals surface area contributed by atoms with Crippen molar-refractivity contribution in [1.82, 2.24) is 10.2 Å². The Bertz CT molecular complexity index is 956. The number of thioether (sulfide) groups is 1. The molecule has 2 aromatic carbocycles. The number of fused-ring (bicyclic) bond motifs is 1. The van der Waals surface area contributed by atoms with Crippen molar-refractivity contribution in [3.05, 3.63) is 59.7 Å². The van der Waals surface area contributed by atoms with Crippen LogP contribution >= 0.6 is 23.1 Å². The van der Waals surface area contributed by atoms with Crippen LogP contribution in [-0.2, 0) is 11.2 Å². The molecular formula is C20H20N4OS2. The molecule has 0 fully saturated rings. The minimum absolute atomic E-state index is 0.121. The SMILES string of the molecule is Cc1cccc(Nc2nnc(SCC(=O)N3CCCc4ccccc43)s2)c1. The lowest BCUT2D eigenvalue weighted by Gasteiger charge is -2.29. The van der Waals surface area contributed by atoms with Gasteiger partial charge in [0.15, 0.2) is 4.34 Å². The average Bonchev–Trinajstić information content (AvgIpc) is 3.13. The number of benzene rings is 2. The molecule has 0 atom stereocenters. The van der Waals surface area contributed by atoms with E-state index >= 15 is 0 Å². The summed E-state index contributed by atoms with van der Waals surface area (Å²) in [5.74, 6) is 0.489. The Morgan fingerprint density at radius 1 is 1.22 bits per heavy atom. The van der Waals surface area contributed by atoms with E-state index in [9.17, 15) is 4.79 Å². The van der Waals surface area contributed by atoms with E-state index in [-0.39, 0.29) is 5.91 Å². The molecule has 1 aliphatic heterocycles. The lowest BCUT2D eigenvalue weighted by molar-refractivity contribution is -0.116. The highest BCUT2D eigenvalue weighted by molar-refractivity contribution is 8.01. The number of nitrogens with one attached hydrogen (secondary N) is 1. The summed E-state index contributed by atoms with van der Waals surface area (Å²) in [6.07, 6.45) is 2.05. The molecular weight excluding hydrogens is 376 g/mol. The van der Waals surface area contributed by atoms with Crippen LogP contribution in [0.5, 0.6) is 0 Å². The molecule has 0 spiro atoms. The van der Waals surface area contributed by atoms with Crippen LogP contribution in [0.25, 0.3) is 0 Å². The van der Waals surface area contributed by atoms with Crippen molar-refractivity contribution in [3.8, 4) is 0 Å². The van der Waals surface area contributed by atoms with Gasteiger partial charge in [0.1, 0.15) is 0 Å². The second kappa shape index (κ2) is 8.10. The summed E-state index contributed by atoms with van der Waals surface area (Å²) in [6, 6.07) is 16.3. The van der Waals surface area contributed by atoms with Gasteiger partial charge in [-0.15, -0.1) is 10.2 Å². The van der Waals surface area contributed by atoms with Crippen LogP contribution in [0.15, 0.2) is 52.9 Å². The molecule has 0 saturated carbocycles. The van der Waals surface area contributed by atoms with Crippen LogP contribution in [0, 0.1) is 6.92 Å². The third kappa shape index (κ3) is 4.31. The number of para-hydroxylation sites is 1. The summed E-state index contributed by atoms with van der Waals surface area (Å²) in [6.45, 7) is 2.84. The molecule has 5 nitrogen and oxygen atoms in total. The summed E-state index contributed by atoms with van der Waals surface area (Å²) in [7, 11) is 0. The maximum absolute atomic E-state index is 12.7. The van der Waals surface area contributed by atoms with E-state index in [1.807, 2.05) is 35.2 Å². The van der Waals surface area contributed by atoms with Crippen LogP contribution in [0.2, 0.25) is 0 Å². The first-order valence-corrected chi connectivity index (χ1v) is 10.7. The normalized spacial score (nSPS) is 13.3. The number of hydrogen-bond donors (Lipinski definition) is 1. The minimum atomic E-state index is 0.121. The topological polar surface area (TPSA) is 58.1 Å². The number of rotatable bonds is 5. The Morgan fingerprint density at radius 3 is 3.00 bits per heavy atom. The van der Waals surface area contributed by atoms with Crippen molar-refractivity contribution in [1.29, 1.82) is 0 Å². The molecule has 4 rings (SSSR count). The maximum atomic E-state index is 12.7. The Balaban J connectivity index is 1.37. The first kappa shape index (κ1) is 18.0. The monoisotopic (exact) mass is 396 g/mol. The molecule has 0 saturated heterocycles. The van der Waals surface area contributed by atoms with E-state index in [2.05, 4.69) is 40.6 Å². The standard InChI is InChI=1S/C20H20N4OS2/c1-14-6-4-9-16(12-14)21-19-22-23-20(27-19)26-13-18(25)24-11-5-8-15-7-2-3-10-17(15)24/h2-4,6-7,9-10,12H,5,8,11,13H2,1H3,(H,21,22). The van der Waals surface area contributed by atoms with Crippen LogP contribution in [-0.4, -0.2) is 28.4 Å². The van der Waals surface area contributed by atoms with Crippen LogP contribution in [0.4, 0.5) is 16.5 Å². The fraction of sp³-hybridized carbons (Fsp3) is 0.250. The summed E-state index contributed by atoms with van der Waals surface area (Å²) >= 11 is 2.91. The number of nitrogens with zero attached hydrogens (tertiary/aromatic N) is 3. The van der Waals surface area contributed by atoms with E-state index in [4.69, 9.17) is 0 Å². The number of amides is 1. The summed E-state index contributed by atoms with van der Waals surface area (Å²) in [5.41, 5.74) is 4.48. The van der Waals surface area contributed by atoms with Gasteiger partial charge in [0, 0.05) is 17.9 Å². The maximum Gasteiger partial charge on any atom is 0.237 e. The number of aryl methyl sites for hydroxylation is 2. The van der Waals surface area contributed by atoms with Crippen LogP contribution in [0.1, 0.15) is 17.5 Å². The predicted octanol–water partition coefficient (Wildman–Crippen LogP) is 4.66. The number of hydrogen-bond acceptors (Lipinski definition) is 6. The molecule has 0 unspecified atom stereocenters. The summed E-state index contributed by atoms with van der Waals surface area (Å²) < 4.78 is 0.795. The second-order valence-electron chi connectivity index (χ2n) is 6.43. The Hall–Kier alpha value is -2.38. The first-order chi connectivity index (χ1) is 13.2. The van der Waals surface area contributed by atoms with Crippen molar-refractivity contribution in [2.24, 2.45) is 0 Å². The van der Waals surface area contributed by atoms with Crippen LogP contribution in [0.3, 0.4) is 0 Å². The summed E-state index contributed by atoms with van der Waals surface area (Å²) in [5, 5.41) is 12.4. The van der Waals surface area contributed by atoms with Crippen molar-refractivity contribution >= 4 is 45.5 Å². The van der Waals surface area contributed by atoms with E-state index in [1.165, 1.54) is 34.2 Å². The number of carbonyl (C=O) groups excluding carboxylic acids is 1. The van der Waals surface area contributed by atoms with Crippen molar-refractivity contribution in [2.75, 3.05) is 22.5 Å². The molecule has 1 aromatic heterocycles. The highest BCUT2D eigenvalue weighted by Crippen LogP contribution is 2.30. The molecule has 0 bridgehead atoms. The molecule has 0 aliphatic carbocycles. The van der Waals surface area contributed by atoms with Gasteiger partial charge in [-0.1, -0.05) is 53.4 Å². The highest BCUT2D eigenvalue weighted by Gasteiger charge is 2.22. The molecule has 0 radical (unpaired) electrons. The van der Waals surface area contributed by atoms with E-state index < -0.39 is 0 Å². The lowest BCUT2D eigenvalue weighted by Crippen LogP contribution is -2.36. The third-order valence-corrected chi connectivity index (χ3v) is 6.36. The molecule has 27 heavy (non-hydrogen) atoms. The lowest BCUT2D eigenvalue weighted by atomic mass is 10.0. The Morgan fingerprint density at radius 2 is 2.11 bits per heavy atom. The zero-order chi connectivity index (χ0) is 18.6. The largest absolute Gasteiger partial charge is 0.330 e. The van der Waals surface area contributed by atoms with Gasteiger partial charge >= 0.3 is 0 Å². The van der Waals surface area contributed by atoms with Crippen LogP contribution < -0.4 is 10.2 Å².